The van der Waals surface area contributed by atoms with Gasteiger partial charge in [-0.05, 0) is 37.4 Å². The molecule has 0 saturated carbocycles. The maximum Gasteiger partial charge on any atom is 0.328 e. The van der Waals surface area contributed by atoms with Crippen LogP contribution in [0.15, 0.2) is 57.8 Å². The molecule has 0 saturated heterocycles. The molecule has 0 amide bonds. The molecule has 0 spiro atoms. The molecule has 8 nitrogen and oxygen atoms in total. The van der Waals surface area contributed by atoms with Gasteiger partial charge in [0.2, 0.25) is 0 Å². The molecule has 6 N–H and O–H groups in total. The Bertz CT molecular complexity index is 523. The fourth-order valence-corrected chi connectivity index (χ4v) is 1.34. The summed E-state index contributed by atoms with van der Waals surface area (Å²) in [6.07, 6.45) is 6.11. The second-order valence-corrected chi connectivity index (χ2v) is 4.25. The lowest BCUT2D eigenvalue weighted by atomic mass is 10.3. The second-order valence-electron chi connectivity index (χ2n) is 4.25. The fourth-order valence-electron chi connectivity index (χ4n) is 1.34. The van der Waals surface area contributed by atoms with Crippen LogP contribution in [0.3, 0.4) is 0 Å². The van der Waals surface area contributed by atoms with Gasteiger partial charge in [-0.15, -0.1) is 0 Å². The van der Waals surface area contributed by atoms with E-state index in [9.17, 15) is 9.59 Å². The monoisotopic (exact) mass is 338 g/mol. The summed E-state index contributed by atoms with van der Waals surface area (Å²) in [4.78, 5) is 19.1. The van der Waals surface area contributed by atoms with E-state index in [1.54, 1.807) is 12.5 Å². The number of rotatable bonds is 6. The Morgan fingerprint density at radius 3 is 1.46 bits per heavy atom. The number of carboxylic acids is 2. The second kappa shape index (κ2) is 13.8. The Morgan fingerprint density at radius 2 is 1.25 bits per heavy atom. The van der Waals surface area contributed by atoms with Crippen LogP contribution < -0.4 is 11.5 Å². The number of carbonyl (C=O) groups is 2. The minimum Gasteiger partial charge on any atom is -0.478 e. The standard InChI is InChI=1S/2C6H9NO.C4H4O4/c2*7-4-3-6-2-1-5-8-6;5-3(6)1-2-4(7)8/h2*1-2,5H,3-4,7H2;1-2H,(H,5,6)(H,7,8)/b;;2-1-. The number of hydrogen-bond acceptors (Lipinski definition) is 6. The highest BCUT2D eigenvalue weighted by molar-refractivity contribution is 5.89. The first kappa shape index (κ1) is 21.2. The number of aliphatic carboxylic acids is 2. The zero-order valence-electron chi connectivity index (χ0n) is 13.1. The smallest absolute Gasteiger partial charge is 0.328 e. The molecule has 2 aromatic heterocycles. The zero-order valence-corrected chi connectivity index (χ0v) is 13.1. The van der Waals surface area contributed by atoms with Crippen LogP contribution in [-0.2, 0) is 22.4 Å². The summed E-state index contributed by atoms with van der Waals surface area (Å²) in [7, 11) is 0. The van der Waals surface area contributed by atoms with Crippen molar-refractivity contribution >= 4 is 11.9 Å². The van der Waals surface area contributed by atoms with Crippen LogP contribution >= 0.6 is 0 Å². The van der Waals surface area contributed by atoms with Gasteiger partial charge in [0, 0.05) is 25.0 Å². The van der Waals surface area contributed by atoms with E-state index in [4.69, 9.17) is 30.5 Å². The summed E-state index contributed by atoms with van der Waals surface area (Å²) in [6, 6.07) is 7.58. The molecule has 24 heavy (non-hydrogen) atoms. The van der Waals surface area contributed by atoms with Crippen molar-refractivity contribution in [2.24, 2.45) is 11.5 Å². The lowest BCUT2D eigenvalue weighted by Gasteiger charge is -1.86. The van der Waals surface area contributed by atoms with Crippen LogP contribution in [0.5, 0.6) is 0 Å². The van der Waals surface area contributed by atoms with Gasteiger partial charge in [0.25, 0.3) is 0 Å². The van der Waals surface area contributed by atoms with Crippen LogP contribution in [-0.4, -0.2) is 35.2 Å². The molecular formula is C16H22N2O6. The third-order valence-corrected chi connectivity index (χ3v) is 2.31. The highest BCUT2D eigenvalue weighted by atomic mass is 16.4. The van der Waals surface area contributed by atoms with Crippen molar-refractivity contribution in [3.8, 4) is 0 Å². The number of carboxylic acid groups (broad SMARTS) is 2. The van der Waals surface area contributed by atoms with E-state index in [-0.39, 0.29) is 0 Å². The summed E-state index contributed by atoms with van der Waals surface area (Å²) in [6.45, 7) is 1.32. The Balaban J connectivity index is 0.000000331. The van der Waals surface area contributed by atoms with Gasteiger partial charge in [-0.25, -0.2) is 9.59 Å². The molecule has 0 aromatic carbocycles. The van der Waals surface area contributed by atoms with Gasteiger partial charge in [-0.2, -0.15) is 0 Å². The highest BCUT2D eigenvalue weighted by Gasteiger charge is 1.90. The van der Waals surface area contributed by atoms with Crippen molar-refractivity contribution in [2.75, 3.05) is 13.1 Å². The lowest BCUT2D eigenvalue weighted by Crippen LogP contribution is -2.01. The normalized spacial score (nSPS) is 9.58. The van der Waals surface area contributed by atoms with Crippen LogP contribution in [0.1, 0.15) is 11.5 Å². The molecule has 0 aliphatic heterocycles. The molecular weight excluding hydrogens is 316 g/mol. The van der Waals surface area contributed by atoms with Crippen LogP contribution in [0.2, 0.25) is 0 Å². The molecule has 2 aromatic rings. The molecule has 0 aliphatic rings. The van der Waals surface area contributed by atoms with Gasteiger partial charge in [0.05, 0.1) is 12.5 Å². The molecule has 2 rings (SSSR count). The minimum absolute atomic E-state index is 0.558. The maximum atomic E-state index is 9.55. The molecule has 8 heteroatoms. The zero-order chi connectivity index (χ0) is 18.2. The van der Waals surface area contributed by atoms with E-state index in [1.165, 1.54) is 0 Å². The summed E-state index contributed by atoms with van der Waals surface area (Å²) in [5.74, 6) is -0.584. The summed E-state index contributed by atoms with van der Waals surface area (Å²) in [5.41, 5.74) is 10.5. The Kier molecular flexibility index (Phi) is 12.2. The maximum absolute atomic E-state index is 9.55. The summed E-state index contributed by atoms with van der Waals surface area (Å²) in [5, 5.41) is 15.6. The van der Waals surface area contributed by atoms with Gasteiger partial charge in [-0.3, -0.25) is 0 Å². The van der Waals surface area contributed by atoms with Gasteiger partial charge in [0.1, 0.15) is 11.5 Å². The van der Waals surface area contributed by atoms with Crippen molar-refractivity contribution in [3.05, 3.63) is 60.5 Å². The topological polar surface area (TPSA) is 153 Å². The minimum atomic E-state index is -1.26. The molecule has 2 heterocycles. The molecule has 0 bridgehead atoms. The Labute approximate surface area is 139 Å². The van der Waals surface area contributed by atoms with Crippen molar-refractivity contribution in [1.82, 2.24) is 0 Å². The average Bonchev–Trinajstić information content (AvgIpc) is 3.21. The van der Waals surface area contributed by atoms with Crippen molar-refractivity contribution in [1.29, 1.82) is 0 Å². The molecule has 132 valence electrons. The third-order valence-electron chi connectivity index (χ3n) is 2.31. The molecule has 0 radical (unpaired) electrons. The molecule has 0 aliphatic carbocycles. The van der Waals surface area contributed by atoms with Crippen LogP contribution in [0.4, 0.5) is 0 Å². The Morgan fingerprint density at radius 1 is 0.875 bits per heavy atom. The largest absolute Gasteiger partial charge is 0.478 e. The first-order chi connectivity index (χ1) is 11.5. The SMILES string of the molecule is NCCc1ccco1.NCCc1ccco1.O=C(O)/C=C\C(=O)O. The van der Waals surface area contributed by atoms with E-state index in [2.05, 4.69) is 0 Å². The third kappa shape index (κ3) is 12.9. The lowest BCUT2D eigenvalue weighted by molar-refractivity contribution is -0.134. The predicted octanol–water partition coefficient (Wildman–Crippen LogP) is 1.27. The molecule has 0 fully saturated rings. The van der Waals surface area contributed by atoms with E-state index >= 15 is 0 Å². The van der Waals surface area contributed by atoms with E-state index < -0.39 is 11.9 Å². The van der Waals surface area contributed by atoms with Crippen LogP contribution in [0, 0.1) is 0 Å². The van der Waals surface area contributed by atoms with Crippen LogP contribution in [0.25, 0.3) is 0 Å². The van der Waals surface area contributed by atoms with Gasteiger partial charge in [0.15, 0.2) is 0 Å². The average molecular weight is 338 g/mol. The van der Waals surface area contributed by atoms with Crippen molar-refractivity contribution in [2.45, 2.75) is 12.8 Å². The predicted molar refractivity (Wildman–Crippen MR) is 87.3 cm³/mol. The van der Waals surface area contributed by atoms with Crippen molar-refractivity contribution < 1.29 is 28.6 Å². The number of nitrogens with two attached hydrogens (primary N) is 2. The summed E-state index contributed by atoms with van der Waals surface area (Å²) < 4.78 is 9.99. The number of furan rings is 2. The summed E-state index contributed by atoms with van der Waals surface area (Å²) >= 11 is 0. The quantitative estimate of drug-likeness (QED) is 0.574. The first-order valence-corrected chi connectivity index (χ1v) is 7.08. The van der Waals surface area contributed by atoms with Gasteiger partial charge in [-0.1, -0.05) is 0 Å². The van der Waals surface area contributed by atoms with Gasteiger partial charge >= 0.3 is 11.9 Å². The van der Waals surface area contributed by atoms with E-state index in [1.807, 2.05) is 24.3 Å². The fraction of sp³-hybridized carbons (Fsp3) is 0.250. The van der Waals surface area contributed by atoms with E-state index in [0.717, 1.165) is 24.4 Å². The number of hydrogen-bond donors (Lipinski definition) is 4. The van der Waals surface area contributed by atoms with E-state index in [0.29, 0.717) is 25.2 Å². The molecule has 0 unspecified atom stereocenters. The molecule has 0 atom stereocenters. The Hall–Kier alpha value is -2.84. The van der Waals surface area contributed by atoms with Crippen molar-refractivity contribution in [3.63, 3.8) is 0 Å². The highest BCUT2D eigenvalue weighted by Crippen LogP contribution is 1.98. The van der Waals surface area contributed by atoms with Gasteiger partial charge < -0.3 is 30.5 Å². The first-order valence-electron chi connectivity index (χ1n) is 7.08.